The Labute approximate surface area is 84.6 Å². The Morgan fingerprint density at radius 1 is 1.21 bits per heavy atom. The number of hydrogen-bond donors (Lipinski definition) is 2. The Morgan fingerprint density at radius 2 is 2.00 bits per heavy atom. The fourth-order valence-corrected chi connectivity index (χ4v) is 3.78. The van der Waals surface area contributed by atoms with Crippen LogP contribution in [-0.2, 0) is 9.84 Å². The van der Waals surface area contributed by atoms with E-state index >= 15 is 0 Å². The highest BCUT2D eigenvalue weighted by molar-refractivity contribution is 7.91. The molecule has 1 saturated heterocycles. The van der Waals surface area contributed by atoms with Crippen LogP contribution in [0.3, 0.4) is 0 Å². The number of rotatable bonds is 2. The van der Waals surface area contributed by atoms with Gasteiger partial charge in [0, 0.05) is 12.1 Å². The van der Waals surface area contributed by atoms with E-state index < -0.39 is 9.84 Å². The Kier molecular flexibility index (Phi) is 2.81. The highest BCUT2D eigenvalue weighted by atomic mass is 32.2. The molecule has 2 fully saturated rings. The van der Waals surface area contributed by atoms with Gasteiger partial charge in [-0.2, -0.15) is 0 Å². The lowest BCUT2D eigenvalue weighted by molar-refractivity contribution is 0.0444. The van der Waals surface area contributed by atoms with Crippen LogP contribution in [0, 0.1) is 0 Å². The first-order valence-electron chi connectivity index (χ1n) is 5.21. The monoisotopic (exact) mass is 219 g/mol. The summed E-state index contributed by atoms with van der Waals surface area (Å²) in [5.74, 6) is 0.578. The summed E-state index contributed by atoms with van der Waals surface area (Å²) in [6, 6.07) is 0.196. The molecule has 1 aliphatic carbocycles. The summed E-state index contributed by atoms with van der Waals surface area (Å²) in [6.07, 6.45) is 3.22. The summed E-state index contributed by atoms with van der Waals surface area (Å²) in [4.78, 5) is 0. The van der Waals surface area contributed by atoms with Gasteiger partial charge < -0.3 is 10.4 Å². The summed E-state index contributed by atoms with van der Waals surface area (Å²) < 4.78 is 22.7. The highest BCUT2D eigenvalue weighted by Crippen LogP contribution is 2.22. The zero-order chi connectivity index (χ0) is 10.2. The molecule has 2 aliphatic rings. The third kappa shape index (κ3) is 2.27. The van der Waals surface area contributed by atoms with Crippen LogP contribution in [0.2, 0.25) is 0 Å². The molecule has 5 heteroatoms. The molecule has 82 valence electrons. The van der Waals surface area contributed by atoms with Gasteiger partial charge in [-0.3, -0.25) is 0 Å². The average Bonchev–Trinajstić information content (AvgIpc) is 2.10. The van der Waals surface area contributed by atoms with Crippen LogP contribution in [0.4, 0.5) is 0 Å². The van der Waals surface area contributed by atoms with Crippen molar-refractivity contribution in [3.8, 4) is 0 Å². The number of aliphatic hydroxyl groups is 1. The highest BCUT2D eigenvalue weighted by Gasteiger charge is 2.33. The Hall–Kier alpha value is -0.130. The normalized spacial score (nSPS) is 41.6. The molecule has 0 bridgehead atoms. The molecular weight excluding hydrogens is 202 g/mol. The van der Waals surface area contributed by atoms with Crippen molar-refractivity contribution in [1.29, 1.82) is 0 Å². The van der Waals surface area contributed by atoms with E-state index in [9.17, 15) is 13.5 Å². The summed E-state index contributed by atoms with van der Waals surface area (Å²) in [6.45, 7) is 0. The minimum atomic E-state index is -2.82. The molecule has 0 spiro atoms. The lowest BCUT2D eigenvalue weighted by atomic mass is 9.88. The van der Waals surface area contributed by atoms with Crippen LogP contribution >= 0.6 is 0 Å². The molecule has 1 aliphatic heterocycles. The van der Waals surface area contributed by atoms with Crippen molar-refractivity contribution in [2.75, 3.05) is 11.5 Å². The predicted molar refractivity (Wildman–Crippen MR) is 53.8 cm³/mol. The molecule has 0 radical (unpaired) electrons. The van der Waals surface area contributed by atoms with Crippen LogP contribution in [0.15, 0.2) is 0 Å². The number of hydrogen-bond acceptors (Lipinski definition) is 4. The van der Waals surface area contributed by atoms with E-state index in [1.807, 2.05) is 0 Å². The van der Waals surface area contributed by atoms with Crippen molar-refractivity contribution < 1.29 is 13.5 Å². The molecule has 0 aromatic heterocycles. The molecule has 3 atom stereocenters. The van der Waals surface area contributed by atoms with Crippen LogP contribution in [0.1, 0.15) is 25.7 Å². The van der Waals surface area contributed by atoms with Crippen molar-refractivity contribution in [2.24, 2.45) is 0 Å². The van der Waals surface area contributed by atoms with Crippen LogP contribution < -0.4 is 5.32 Å². The van der Waals surface area contributed by atoms with Crippen molar-refractivity contribution in [2.45, 2.75) is 43.9 Å². The molecular formula is C9H17NO3S. The standard InChI is InChI=1S/C9H17NO3S/c11-9-4-3-8(9)10-7-2-1-5-14(12,13)6-7/h7-11H,1-6H2/t7?,8-,9-/m1/s1. The molecule has 14 heavy (non-hydrogen) atoms. The third-order valence-corrected chi connectivity index (χ3v) is 4.97. The van der Waals surface area contributed by atoms with Crippen molar-refractivity contribution >= 4 is 9.84 Å². The summed E-state index contributed by atoms with van der Waals surface area (Å²) in [5.41, 5.74) is 0. The molecule has 1 saturated carbocycles. The third-order valence-electron chi connectivity index (χ3n) is 3.15. The van der Waals surface area contributed by atoms with Crippen LogP contribution in [0.25, 0.3) is 0 Å². The van der Waals surface area contributed by atoms with Gasteiger partial charge in [0.05, 0.1) is 17.6 Å². The Balaban J connectivity index is 1.86. The maximum absolute atomic E-state index is 11.3. The topological polar surface area (TPSA) is 66.4 Å². The molecule has 1 heterocycles. The Morgan fingerprint density at radius 3 is 2.50 bits per heavy atom. The molecule has 0 aromatic carbocycles. The van der Waals surface area contributed by atoms with E-state index in [-0.39, 0.29) is 23.9 Å². The lowest BCUT2D eigenvalue weighted by Gasteiger charge is -2.37. The second-order valence-electron chi connectivity index (χ2n) is 4.37. The SMILES string of the molecule is O=S1(=O)CCCC(N[C@@H]2CC[C@H]2O)C1. The maximum Gasteiger partial charge on any atom is 0.151 e. The number of sulfone groups is 1. The van der Waals surface area contributed by atoms with Gasteiger partial charge in [0.2, 0.25) is 0 Å². The van der Waals surface area contributed by atoms with Crippen LogP contribution in [-0.4, -0.2) is 43.2 Å². The first kappa shape index (κ1) is 10.4. The second kappa shape index (κ2) is 3.79. The predicted octanol–water partition coefficient (Wildman–Crippen LogP) is -0.324. The fraction of sp³-hybridized carbons (Fsp3) is 1.00. The van der Waals surface area contributed by atoms with Crippen LogP contribution in [0.5, 0.6) is 0 Å². The van der Waals surface area contributed by atoms with Gasteiger partial charge >= 0.3 is 0 Å². The van der Waals surface area contributed by atoms with Gasteiger partial charge in [-0.15, -0.1) is 0 Å². The fourth-order valence-electron chi connectivity index (χ4n) is 2.13. The van der Waals surface area contributed by atoms with E-state index in [1.54, 1.807) is 0 Å². The van der Waals surface area contributed by atoms with Gasteiger partial charge in [-0.05, 0) is 25.7 Å². The summed E-state index contributed by atoms with van der Waals surface area (Å²) >= 11 is 0. The van der Waals surface area contributed by atoms with Gasteiger partial charge in [-0.1, -0.05) is 0 Å². The second-order valence-corrected chi connectivity index (χ2v) is 6.60. The van der Waals surface area contributed by atoms with E-state index in [1.165, 1.54) is 0 Å². The molecule has 2 rings (SSSR count). The molecule has 2 N–H and O–H groups in total. The van der Waals surface area contributed by atoms with Gasteiger partial charge in [-0.25, -0.2) is 8.42 Å². The van der Waals surface area contributed by atoms with Crippen molar-refractivity contribution in [3.05, 3.63) is 0 Å². The molecule has 0 aromatic rings. The van der Waals surface area contributed by atoms with E-state index in [0.717, 1.165) is 25.7 Å². The smallest absolute Gasteiger partial charge is 0.151 e. The minimum absolute atomic E-state index is 0.0636. The number of aliphatic hydroxyl groups excluding tert-OH is 1. The van der Waals surface area contributed by atoms with E-state index in [4.69, 9.17) is 0 Å². The number of nitrogens with one attached hydrogen (secondary N) is 1. The van der Waals surface area contributed by atoms with Crippen molar-refractivity contribution in [1.82, 2.24) is 5.32 Å². The summed E-state index contributed by atoms with van der Waals surface area (Å²) in [5, 5.41) is 12.6. The van der Waals surface area contributed by atoms with E-state index in [0.29, 0.717) is 5.75 Å². The molecule has 4 nitrogen and oxygen atoms in total. The first-order chi connectivity index (χ1) is 6.57. The van der Waals surface area contributed by atoms with Gasteiger partial charge in [0.25, 0.3) is 0 Å². The zero-order valence-corrected chi connectivity index (χ0v) is 8.96. The molecule has 0 amide bonds. The quantitative estimate of drug-likeness (QED) is 0.668. The Bertz CT molecular complexity index is 301. The van der Waals surface area contributed by atoms with Crippen molar-refractivity contribution in [3.63, 3.8) is 0 Å². The zero-order valence-electron chi connectivity index (χ0n) is 8.15. The first-order valence-corrected chi connectivity index (χ1v) is 7.03. The molecule has 1 unspecified atom stereocenters. The summed E-state index contributed by atoms with van der Waals surface area (Å²) in [7, 11) is -2.82. The minimum Gasteiger partial charge on any atom is -0.392 e. The average molecular weight is 219 g/mol. The maximum atomic E-state index is 11.3. The lowest BCUT2D eigenvalue weighted by Crippen LogP contribution is -2.54. The van der Waals surface area contributed by atoms with E-state index in [2.05, 4.69) is 5.32 Å². The van der Waals surface area contributed by atoms with Gasteiger partial charge in [0.15, 0.2) is 9.84 Å². The largest absolute Gasteiger partial charge is 0.392 e. The van der Waals surface area contributed by atoms with Gasteiger partial charge in [0.1, 0.15) is 0 Å².